The highest BCUT2D eigenvalue weighted by atomic mass is 32.2. The molecule has 0 amide bonds. The van der Waals surface area contributed by atoms with E-state index < -0.39 is 10.1 Å². The van der Waals surface area contributed by atoms with Gasteiger partial charge >= 0.3 is 0 Å². The first-order valence-electron chi connectivity index (χ1n) is 5.76. The minimum Gasteiger partial charge on any atom is -0.374 e. The average molecular weight is 259 g/mol. The molecule has 0 bridgehead atoms. The van der Waals surface area contributed by atoms with Crippen LogP contribution in [0.1, 0.15) is 27.2 Å². The molecular weight excluding hydrogens is 238 g/mol. The molecule has 98 valence electrons. The van der Waals surface area contributed by atoms with Crippen molar-refractivity contribution in [2.24, 2.45) is 5.41 Å². The van der Waals surface area contributed by atoms with Gasteiger partial charge in [-0.25, -0.2) is 0 Å². The highest BCUT2D eigenvalue weighted by Crippen LogP contribution is 2.27. The molecule has 1 N–H and O–H groups in total. The Hall–Kier alpha value is -0.810. The zero-order valence-electron chi connectivity index (χ0n) is 10.7. The topological polar surface area (TPSA) is 57.6 Å². The summed E-state index contributed by atoms with van der Waals surface area (Å²) in [6.45, 7) is 7.93. The fourth-order valence-corrected chi connectivity index (χ4v) is 2.20. The maximum absolute atomic E-state index is 10.6. The van der Waals surface area contributed by atoms with Crippen molar-refractivity contribution in [3.05, 3.63) is 23.9 Å². The molecule has 1 aliphatic rings. The Balaban J connectivity index is 2.39. The third-order valence-corrected chi connectivity index (χ3v) is 3.53. The van der Waals surface area contributed by atoms with Gasteiger partial charge in [-0.15, -0.1) is 0 Å². The van der Waals surface area contributed by atoms with E-state index in [0.717, 1.165) is 6.54 Å². The molecular formula is C12H21NO3S. The maximum Gasteiger partial charge on any atom is 0.264 e. The Morgan fingerprint density at radius 3 is 2.47 bits per heavy atom. The lowest BCUT2D eigenvalue weighted by atomic mass is 9.85. The number of rotatable bonds is 4. The second-order valence-electron chi connectivity index (χ2n) is 5.36. The largest absolute Gasteiger partial charge is 0.374 e. The second-order valence-corrected chi connectivity index (χ2v) is 6.93. The van der Waals surface area contributed by atoms with Crippen molar-refractivity contribution < 1.29 is 13.0 Å². The van der Waals surface area contributed by atoms with Crippen molar-refractivity contribution in [3.63, 3.8) is 0 Å². The van der Waals surface area contributed by atoms with E-state index in [-0.39, 0.29) is 11.2 Å². The van der Waals surface area contributed by atoms with Crippen molar-refractivity contribution in [1.82, 2.24) is 4.90 Å². The first-order chi connectivity index (χ1) is 7.68. The fourth-order valence-electron chi connectivity index (χ4n) is 1.70. The molecule has 0 unspecified atom stereocenters. The first kappa shape index (κ1) is 14.3. The van der Waals surface area contributed by atoms with Gasteiger partial charge in [0.05, 0.1) is 5.75 Å². The first-order valence-corrected chi connectivity index (χ1v) is 7.37. The summed E-state index contributed by atoms with van der Waals surface area (Å²) in [5.41, 5.74) is 1.44. The van der Waals surface area contributed by atoms with E-state index in [9.17, 15) is 8.42 Å². The van der Waals surface area contributed by atoms with Crippen LogP contribution in [0.25, 0.3) is 0 Å². The molecule has 0 aromatic carbocycles. The molecule has 0 aliphatic carbocycles. The molecule has 0 saturated carbocycles. The molecule has 0 spiro atoms. The quantitative estimate of drug-likeness (QED) is 0.785. The monoisotopic (exact) mass is 259 g/mol. The van der Waals surface area contributed by atoms with Gasteiger partial charge in [-0.1, -0.05) is 26.8 Å². The van der Waals surface area contributed by atoms with Gasteiger partial charge in [0.2, 0.25) is 0 Å². The van der Waals surface area contributed by atoms with Crippen LogP contribution in [0.5, 0.6) is 0 Å². The molecule has 0 aromatic heterocycles. The Morgan fingerprint density at radius 1 is 1.41 bits per heavy atom. The Kier molecular flexibility index (Phi) is 4.38. The van der Waals surface area contributed by atoms with Crippen LogP contribution >= 0.6 is 0 Å². The van der Waals surface area contributed by atoms with E-state index in [1.807, 2.05) is 11.1 Å². The van der Waals surface area contributed by atoms with E-state index in [4.69, 9.17) is 4.55 Å². The minimum atomic E-state index is -3.83. The van der Waals surface area contributed by atoms with Crippen LogP contribution in [0.2, 0.25) is 0 Å². The molecule has 5 heteroatoms. The SMILES string of the molecule is CC(C)(C)C1=CCN(CCCS(=O)(=O)O)C=C1. The van der Waals surface area contributed by atoms with Crippen LogP contribution in [0, 0.1) is 5.41 Å². The van der Waals surface area contributed by atoms with Gasteiger partial charge in [-0.2, -0.15) is 8.42 Å². The summed E-state index contributed by atoms with van der Waals surface area (Å²) >= 11 is 0. The Morgan fingerprint density at radius 2 is 2.06 bits per heavy atom. The normalized spacial score (nSPS) is 17.2. The highest BCUT2D eigenvalue weighted by molar-refractivity contribution is 7.85. The molecule has 4 nitrogen and oxygen atoms in total. The van der Waals surface area contributed by atoms with Crippen molar-refractivity contribution >= 4 is 10.1 Å². The van der Waals surface area contributed by atoms with E-state index in [2.05, 4.69) is 32.9 Å². The van der Waals surface area contributed by atoms with Gasteiger partial charge in [0, 0.05) is 13.1 Å². The smallest absolute Gasteiger partial charge is 0.264 e. The lowest BCUT2D eigenvalue weighted by Crippen LogP contribution is -2.25. The van der Waals surface area contributed by atoms with Crippen molar-refractivity contribution in [1.29, 1.82) is 0 Å². The maximum atomic E-state index is 10.6. The average Bonchev–Trinajstić information content (AvgIpc) is 2.15. The lowest BCUT2D eigenvalue weighted by Gasteiger charge is -2.28. The van der Waals surface area contributed by atoms with Gasteiger partial charge in [0.15, 0.2) is 0 Å². The number of hydrogen-bond acceptors (Lipinski definition) is 3. The summed E-state index contributed by atoms with van der Waals surface area (Å²) in [4.78, 5) is 2.04. The van der Waals surface area contributed by atoms with E-state index >= 15 is 0 Å². The molecule has 0 radical (unpaired) electrons. The number of nitrogens with zero attached hydrogens (tertiary/aromatic N) is 1. The molecule has 0 atom stereocenters. The zero-order valence-corrected chi connectivity index (χ0v) is 11.5. The summed E-state index contributed by atoms with van der Waals surface area (Å²) in [6.07, 6.45) is 6.66. The molecule has 0 aromatic rings. The van der Waals surface area contributed by atoms with Crippen LogP contribution in [0.3, 0.4) is 0 Å². The fraction of sp³-hybridized carbons (Fsp3) is 0.667. The van der Waals surface area contributed by atoms with Gasteiger partial charge in [0.25, 0.3) is 10.1 Å². The Labute approximate surface area is 104 Å². The predicted molar refractivity (Wildman–Crippen MR) is 69.3 cm³/mol. The molecule has 1 rings (SSSR count). The molecule has 0 saturated heterocycles. The lowest BCUT2D eigenvalue weighted by molar-refractivity contribution is 0.395. The molecule has 17 heavy (non-hydrogen) atoms. The van der Waals surface area contributed by atoms with Crippen LogP contribution in [0.15, 0.2) is 23.9 Å². The third kappa shape index (κ3) is 5.37. The van der Waals surface area contributed by atoms with E-state index in [1.165, 1.54) is 5.57 Å². The number of hydrogen-bond donors (Lipinski definition) is 1. The van der Waals surface area contributed by atoms with Crippen LogP contribution in [-0.4, -0.2) is 36.7 Å². The van der Waals surface area contributed by atoms with Gasteiger partial charge < -0.3 is 4.90 Å². The van der Waals surface area contributed by atoms with Crippen molar-refractivity contribution in [2.45, 2.75) is 27.2 Å². The minimum absolute atomic E-state index is 0.150. The molecule has 0 fully saturated rings. The van der Waals surface area contributed by atoms with E-state index in [0.29, 0.717) is 13.0 Å². The van der Waals surface area contributed by atoms with Gasteiger partial charge in [-0.05, 0) is 29.7 Å². The van der Waals surface area contributed by atoms with Crippen molar-refractivity contribution in [2.75, 3.05) is 18.8 Å². The summed E-state index contributed by atoms with van der Waals surface area (Å²) in [5.74, 6) is -0.173. The van der Waals surface area contributed by atoms with Crippen LogP contribution in [0.4, 0.5) is 0 Å². The van der Waals surface area contributed by atoms with E-state index in [1.54, 1.807) is 0 Å². The predicted octanol–water partition coefficient (Wildman–Crippen LogP) is 2.07. The summed E-state index contributed by atoms with van der Waals surface area (Å²) < 4.78 is 29.7. The Bertz CT molecular complexity index is 416. The summed E-state index contributed by atoms with van der Waals surface area (Å²) in [6, 6.07) is 0. The standard InChI is InChI=1S/C12H21NO3S/c1-12(2,3)11-5-8-13(9-6-11)7-4-10-17(14,15)16/h5-6,8H,4,7,9-10H2,1-3H3,(H,14,15,16). The number of allylic oxidation sites excluding steroid dienone is 2. The summed E-state index contributed by atoms with van der Waals surface area (Å²) in [5, 5.41) is 0. The van der Waals surface area contributed by atoms with Crippen LogP contribution < -0.4 is 0 Å². The van der Waals surface area contributed by atoms with Crippen LogP contribution in [-0.2, 0) is 10.1 Å². The zero-order chi connectivity index (χ0) is 13.1. The third-order valence-electron chi connectivity index (χ3n) is 2.72. The highest BCUT2D eigenvalue weighted by Gasteiger charge is 2.17. The van der Waals surface area contributed by atoms with Crippen molar-refractivity contribution in [3.8, 4) is 0 Å². The molecule has 1 aliphatic heterocycles. The summed E-state index contributed by atoms with van der Waals surface area (Å²) in [7, 11) is -3.83. The van der Waals surface area contributed by atoms with Gasteiger partial charge in [0.1, 0.15) is 0 Å². The van der Waals surface area contributed by atoms with Gasteiger partial charge in [-0.3, -0.25) is 4.55 Å². The molecule has 1 heterocycles. The second kappa shape index (κ2) is 5.23.